The summed E-state index contributed by atoms with van der Waals surface area (Å²) in [5.74, 6) is -2.96. The van der Waals surface area contributed by atoms with Crippen molar-refractivity contribution in [3.05, 3.63) is 65.7 Å². The number of sulfonamides is 1. The minimum absolute atomic E-state index is 0.00470. The van der Waals surface area contributed by atoms with E-state index in [0.29, 0.717) is 28.8 Å². The van der Waals surface area contributed by atoms with Crippen LogP contribution in [0.4, 0.5) is 14.5 Å². The molecule has 0 atom stereocenters. The van der Waals surface area contributed by atoms with Crippen LogP contribution in [0.25, 0.3) is 22.4 Å². The molecule has 0 bridgehead atoms. The van der Waals surface area contributed by atoms with Gasteiger partial charge in [0.05, 0.1) is 17.0 Å². The van der Waals surface area contributed by atoms with Crippen LogP contribution in [0.5, 0.6) is 0 Å². The summed E-state index contributed by atoms with van der Waals surface area (Å²) < 4.78 is 57.5. The van der Waals surface area contributed by atoms with Gasteiger partial charge in [-0.2, -0.15) is 0 Å². The van der Waals surface area contributed by atoms with E-state index >= 15 is 4.39 Å². The fourth-order valence-electron chi connectivity index (χ4n) is 3.42. The Morgan fingerprint density at radius 1 is 1.25 bits per heavy atom. The van der Waals surface area contributed by atoms with Gasteiger partial charge < -0.3 is 9.55 Å². The summed E-state index contributed by atoms with van der Waals surface area (Å²) >= 11 is 0. The topological polar surface area (TPSA) is 110 Å². The zero-order valence-corrected chi connectivity index (χ0v) is 18.0. The molecular weight excluding hydrogens is 440 g/mol. The lowest BCUT2D eigenvalue weighted by Gasteiger charge is -2.11. The Morgan fingerprint density at radius 2 is 2.03 bits per heavy atom. The number of ketones is 1. The first kappa shape index (κ1) is 21.6. The van der Waals surface area contributed by atoms with Crippen LogP contribution in [0.15, 0.2) is 43.0 Å². The molecule has 3 aromatic heterocycles. The molecule has 0 aliphatic heterocycles. The van der Waals surface area contributed by atoms with E-state index in [-0.39, 0.29) is 11.3 Å². The van der Waals surface area contributed by atoms with Crippen molar-refractivity contribution in [3.63, 3.8) is 0 Å². The molecule has 3 heterocycles. The molecule has 0 radical (unpaired) electrons. The van der Waals surface area contributed by atoms with Crippen molar-refractivity contribution in [2.45, 2.75) is 13.3 Å². The Bertz CT molecular complexity index is 1440. The van der Waals surface area contributed by atoms with E-state index in [1.165, 1.54) is 6.20 Å². The number of H-pyrrole nitrogens is 1. The second kappa shape index (κ2) is 8.15. The number of carbonyl (C=O) groups is 1. The van der Waals surface area contributed by atoms with Crippen LogP contribution in [0.1, 0.15) is 29.3 Å². The molecule has 0 amide bonds. The number of halogens is 2. The maximum atomic E-state index is 15.1. The first-order valence-corrected chi connectivity index (χ1v) is 11.3. The number of imidazole rings is 1. The lowest BCUT2D eigenvalue weighted by molar-refractivity contribution is 0.103. The monoisotopic (exact) mass is 459 g/mol. The quantitative estimate of drug-likeness (QED) is 0.410. The Balaban J connectivity index is 1.79. The number of hydrogen-bond acceptors (Lipinski definition) is 5. The highest BCUT2D eigenvalue weighted by molar-refractivity contribution is 7.92. The van der Waals surface area contributed by atoms with Gasteiger partial charge >= 0.3 is 0 Å². The summed E-state index contributed by atoms with van der Waals surface area (Å²) in [6, 6.07) is 3.45. The summed E-state index contributed by atoms with van der Waals surface area (Å²) in [6.07, 6.45) is 6.55. The van der Waals surface area contributed by atoms with Crippen LogP contribution in [0.2, 0.25) is 0 Å². The molecule has 1 aromatic carbocycles. The van der Waals surface area contributed by atoms with E-state index in [2.05, 4.69) is 19.7 Å². The van der Waals surface area contributed by atoms with Gasteiger partial charge in [0.15, 0.2) is 5.82 Å². The lowest BCUT2D eigenvalue weighted by atomic mass is 10.0. The van der Waals surface area contributed by atoms with Gasteiger partial charge in [0, 0.05) is 48.3 Å². The SMILES string of the molecule is CCCS(=O)(=O)Nc1ccc(F)c(C(=O)c2c[nH]c3ncc(-c4nccn4C)cc23)c1F. The molecule has 0 aliphatic carbocycles. The highest BCUT2D eigenvalue weighted by Gasteiger charge is 2.26. The number of hydrogen-bond donors (Lipinski definition) is 2. The van der Waals surface area contributed by atoms with E-state index in [1.54, 1.807) is 43.2 Å². The Labute approximate surface area is 182 Å². The van der Waals surface area contributed by atoms with Crippen molar-refractivity contribution in [3.8, 4) is 11.4 Å². The van der Waals surface area contributed by atoms with Crippen molar-refractivity contribution in [1.29, 1.82) is 0 Å². The highest BCUT2D eigenvalue weighted by Crippen LogP contribution is 2.29. The van der Waals surface area contributed by atoms with E-state index in [0.717, 1.165) is 12.1 Å². The molecule has 2 N–H and O–H groups in total. The molecular formula is C21H19F2N5O3S. The molecule has 0 saturated heterocycles. The summed E-state index contributed by atoms with van der Waals surface area (Å²) in [5.41, 5.74) is -0.387. The van der Waals surface area contributed by atoms with Crippen LogP contribution >= 0.6 is 0 Å². The number of anilines is 1. The van der Waals surface area contributed by atoms with Gasteiger partial charge in [-0.25, -0.2) is 27.2 Å². The molecule has 166 valence electrons. The smallest absolute Gasteiger partial charge is 0.232 e. The van der Waals surface area contributed by atoms with Gasteiger partial charge in [0.2, 0.25) is 15.8 Å². The zero-order chi connectivity index (χ0) is 23.0. The second-order valence-corrected chi connectivity index (χ2v) is 9.06. The van der Waals surface area contributed by atoms with Gasteiger partial charge in [-0.1, -0.05) is 6.92 Å². The first-order chi connectivity index (χ1) is 15.2. The molecule has 0 aliphatic rings. The maximum absolute atomic E-state index is 15.1. The summed E-state index contributed by atoms with van der Waals surface area (Å²) in [6.45, 7) is 1.65. The average molecular weight is 459 g/mol. The summed E-state index contributed by atoms with van der Waals surface area (Å²) in [7, 11) is -2.04. The van der Waals surface area contributed by atoms with Gasteiger partial charge in [-0.05, 0) is 24.6 Å². The molecule has 0 saturated carbocycles. The Hall–Kier alpha value is -3.60. The fraction of sp³-hybridized carbons (Fsp3) is 0.190. The van der Waals surface area contributed by atoms with Crippen molar-refractivity contribution < 1.29 is 22.0 Å². The van der Waals surface area contributed by atoms with Gasteiger partial charge in [0.1, 0.15) is 17.3 Å². The molecule has 0 fully saturated rings. The largest absolute Gasteiger partial charge is 0.345 e. The number of pyridine rings is 1. The summed E-state index contributed by atoms with van der Waals surface area (Å²) in [5, 5.41) is 0.353. The van der Waals surface area contributed by atoms with E-state index in [4.69, 9.17) is 0 Å². The minimum atomic E-state index is -3.83. The molecule has 4 rings (SSSR count). The maximum Gasteiger partial charge on any atom is 0.232 e. The average Bonchev–Trinajstić information content (AvgIpc) is 3.35. The van der Waals surface area contributed by atoms with Crippen molar-refractivity contribution >= 4 is 32.5 Å². The molecule has 0 unspecified atom stereocenters. The number of nitrogens with zero attached hydrogens (tertiary/aromatic N) is 3. The number of nitrogens with one attached hydrogen (secondary N) is 2. The van der Waals surface area contributed by atoms with Gasteiger partial charge in [-0.3, -0.25) is 9.52 Å². The number of benzene rings is 1. The fourth-order valence-corrected chi connectivity index (χ4v) is 4.55. The Morgan fingerprint density at radius 3 is 2.72 bits per heavy atom. The molecule has 11 heteroatoms. The minimum Gasteiger partial charge on any atom is -0.345 e. The third kappa shape index (κ3) is 3.86. The van der Waals surface area contributed by atoms with Crippen molar-refractivity contribution in [2.75, 3.05) is 10.5 Å². The normalized spacial score (nSPS) is 11.8. The van der Waals surface area contributed by atoms with Crippen LogP contribution in [-0.4, -0.2) is 39.5 Å². The zero-order valence-electron chi connectivity index (χ0n) is 17.2. The van der Waals surface area contributed by atoms with E-state index in [1.807, 2.05) is 0 Å². The predicted molar refractivity (Wildman–Crippen MR) is 116 cm³/mol. The van der Waals surface area contributed by atoms with Crippen LogP contribution in [0, 0.1) is 11.6 Å². The van der Waals surface area contributed by atoms with Crippen LogP contribution in [0.3, 0.4) is 0 Å². The molecule has 4 aromatic rings. The van der Waals surface area contributed by atoms with E-state index in [9.17, 15) is 17.6 Å². The Kier molecular flexibility index (Phi) is 5.51. The highest BCUT2D eigenvalue weighted by atomic mass is 32.2. The predicted octanol–water partition coefficient (Wildman–Crippen LogP) is 3.62. The molecule has 0 spiro atoms. The lowest BCUT2D eigenvalue weighted by Crippen LogP contribution is -2.18. The van der Waals surface area contributed by atoms with Crippen LogP contribution < -0.4 is 4.72 Å². The third-order valence-corrected chi connectivity index (χ3v) is 6.39. The standard InChI is InChI=1S/C21H19F2N5O3S/c1-3-8-32(30,31)27-16-5-4-15(22)17(18(16)23)19(29)14-11-26-20-13(14)9-12(10-25-20)21-24-6-7-28(21)2/h4-7,9-11,27H,3,8H2,1-2H3,(H,25,26). The van der Waals surface area contributed by atoms with Gasteiger partial charge in [0.25, 0.3) is 0 Å². The number of aromatic nitrogens is 4. The number of aromatic amines is 1. The summed E-state index contributed by atoms with van der Waals surface area (Å²) in [4.78, 5) is 24.5. The van der Waals surface area contributed by atoms with Gasteiger partial charge in [-0.15, -0.1) is 0 Å². The number of rotatable bonds is 7. The van der Waals surface area contributed by atoms with E-state index < -0.39 is 38.7 Å². The van der Waals surface area contributed by atoms with Crippen molar-refractivity contribution in [1.82, 2.24) is 19.5 Å². The number of aryl methyl sites for hydroxylation is 1. The molecule has 8 nitrogen and oxygen atoms in total. The third-order valence-electron chi connectivity index (χ3n) is 4.91. The second-order valence-electron chi connectivity index (χ2n) is 7.22. The number of fused-ring (bicyclic) bond motifs is 1. The molecule has 32 heavy (non-hydrogen) atoms. The number of carbonyl (C=O) groups excluding carboxylic acids is 1. The van der Waals surface area contributed by atoms with Crippen molar-refractivity contribution in [2.24, 2.45) is 7.05 Å². The first-order valence-electron chi connectivity index (χ1n) is 9.70. The van der Waals surface area contributed by atoms with Crippen LogP contribution in [-0.2, 0) is 17.1 Å².